The fourth-order valence-corrected chi connectivity index (χ4v) is 1.72. The summed E-state index contributed by atoms with van der Waals surface area (Å²) in [5.41, 5.74) is -1.98. The van der Waals surface area contributed by atoms with E-state index in [1.54, 1.807) is 19.0 Å². The highest BCUT2D eigenvalue weighted by molar-refractivity contribution is 5.84. The topological polar surface area (TPSA) is 98.1 Å². The Morgan fingerprint density at radius 3 is 1.78 bits per heavy atom. The minimum Gasteiger partial charge on any atom is -0.507 e. The van der Waals surface area contributed by atoms with Gasteiger partial charge in [-0.15, -0.1) is 0 Å². The van der Waals surface area contributed by atoms with Crippen LogP contribution in [0.4, 0.5) is 5.69 Å². The molecule has 0 heterocycles. The van der Waals surface area contributed by atoms with Gasteiger partial charge < -0.3 is 20.2 Å². The first-order valence-electron chi connectivity index (χ1n) is 5.10. The second-order valence-corrected chi connectivity index (χ2v) is 4.14. The largest absolute Gasteiger partial charge is 0.507 e. The molecule has 0 aliphatic carbocycles. The molecule has 3 N–H and O–H groups in total. The van der Waals surface area contributed by atoms with Crippen LogP contribution in [-0.4, -0.2) is 29.4 Å². The number of aromatic hydroxyl groups is 3. The number of nitrogens with zero attached hydrogens (tertiary/aromatic N) is 1. The second kappa shape index (κ2) is 3.76. The van der Waals surface area contributed by atoms with Crippen molar-refractivity contribution in [3.05, 3.63) is 32.6 Å². The van der Waals surface area contributed by atoms with E-state index in [4.69, 9.17) is 0 Å². The number of benzene rings is 1. The van der Waals surface area contributed by atoms with Crippen LogP contribution in [0.5, 0.6) is 17.2 Å². The Hall–Kier alpha value is -2.50. The summed E-state index contributed by atoms with van der Waals surface area (Å²) >= 11 is 0. The van der Waals surface area contributed by atoms with E-state index in [0.29, 0.717) is 5.69 Å². The summed E-state index contributed by atoms with van der Waals surface area (Å²) in [6.45, 7) is 0. The van der Waals surface area contributed by atoms with Gasteiger partial charge in [-0.05, 0) is 0 Å². The molecule has 18 heavy (non-hydrogen) atoms. The molecule has 0 fully saturated rings. The summed E-state index contributed by atoms with van der Waals surface area (Å²) in [4.78, 5) is 23.9. The van der Waals surface area contributed by atoms with E-state index in [2.05, 4.69) is 0 Å². The highest BCUT2D eigenvalue weighted by atomic mass is 16.3. The average Bonchev–Trinajstić information content (AvgIpc) is 2.32. The van der Waals surface area contributed by atoms with Crippen molar-refractivity contribution in [2.45, 2.75) is 0 Å². The number of rotatable bonds is 2. The number of anilines is 1. The minimum absolute atomic E-state index is 0.220. The van der Waals surface area contributed by atoms with E-state index in [9.17, 15) is 24.9 Å². The number of hydrogen-bond donors (Lipinski definition) is 3. The number of hydrogen-bond acceptors (Lipinski definition) is 6. The van der Waals surface area contributed by atoms with Gasteiger partial charge in [-0.2, -0.15) is 0 Å². The first-order valence-corrected chi connectivity index (χ1v) is 5.10. The zero-order valence-corrected chi connectivity index (χ0v) is 9.76. The molecule has 0 unspecified atom stereocenters. The van der Waals surface area contributed by atoms with Gasteiger partial charge in [0.15, 0.2) is 5.75 Å². The van der Waals surface area contributed by atoms with Gasteiger partial charge in [0.05, 0.1) is 11.1 Å². The van der Waals surface area contributed by atoms with Crippen LogP contribution >= 0.6 is 0 Å². The summed E-state index contributed by atoms with van der Waals surface area (Å²) in [6, 6.07) is 2.65. The fraction of sp³-hybridized carbons (Fsp3) is 0.167. The van der Waals surface area contributed by atoms with Crippen molar-refractivity contribution in [3.8, 4) is 28.4 Å². The maximum atomic E-state index is 11.3. The lowest BCUT2D eigenvalue weighted by Gasteiger charge is -2.16. The first kappa shape index (κ1) is 12.0. The Morgan fingerprint density at radius 1 is 0.889 bits per heavy atom. The van der Waals surface area contributed by atoms with Crippen molar-refractivity contribution in [1.29, 1.82) is 0 Å². The molecule has 0 amide bonds. The summed E-state index contributed by atoms with van der Waals surface area (Å²) in [5.74, 6) is -1.48. The maximum absolute atomic E-state index is 11.3. The molecule has 0 bridgehead atoms. The summed E-state index contributed by atoms with van der Waals surface area (Å²) in [6.07, 6.45) is 0. The third-order valence-corrected chi connectivity index (χ3v) is 2.73. The molecule has 2 rings (SSSR count). The summed E-state index contributed by atoms with van der Waals surface area (Å²) in [5, 5.41) is 28.9. The molecule has 0 radical (unpaired) electrons. The quantitative estimate of drug-likeness (QED) is 0.654. The van der Waals surface area contributed by atoms with Crippen LogP contribution in [0.25, 0.3) is 11.1 Å². The molecule has 0 saturated carbocycles. The highest BCUT2D eigenvalue weighted by Gasteiger charge is 2.27. The van der Waals surface area contributed by atoms with Crippen LogP contribution in [0.15, 0.2) is 21.7 Å². The molecule has 0 aliphatic heterocycles. The zero-order valence-electron chi connectivity index (χ0n) is 9.76. The van der Waals surface area contributed by atoms with E-state index in [0.717, 1.165) is 0 Å². The molecule has 0 saturated heterocycles. The van der Waals surface area contributed by atoms with E-state index >= 15 is 0 Å². The van der Waals surface area contributed by atoms with E-state index < -0.39 is 16.6 Å². The predicted octanol–water partition coefficient (Wildman–Crippen LogP) is 0.132. The molecule has 2 aromatic carbocycles. The van der Waals surface area contributed by atoms with Crippen LogP contribution in [0.3, 0.4) is 0 Å². The normalized spacial score (nSPS) is 10.8. The van der Waals surface area contributed by atoms with Gasteiger partial charge in [0.25, 0.3) is 5.43 Å². The van der Waals surface area contributed by atoms with Crippen molar-refractivity contribution in [3.63, 3.8) is 0 Å². The molecule has 0 spiro atoms. The summed E-state index contributed by atoms with van der Waals surface area (Å²) in [7, 11) is 3.42. The predicted molar refractivity (Wildman–Crippen MR) is 66.1 cm³/mol. The van der Waals surface area contributed by atoms with Gasteiger partial charge in [0.1, 0.15) is 11.5 Å². The standard InChI is InChI=1S/C12H11NO5/c1-13(2)5-3-6(14)8(7(15)4-5)9-10(16)12(18)11(9)17/h3-4,14-16H,1-2H3. The van der Waals surface area contributed by atoms with Crippen LogP contribution in [0.2, 0.25) is 0 Å². The van der Waals surface area contributed by atoms with Crippen molar-refractivity contribution < 1.29 is 15.3 Å². The molecule has 2 aromatic rings. The van der Waals surface area contributed by atoms with Gasteiger partial charge in [0, 0.05) is 31.9 Å². The molecule has 0 aliphatic rings. The minimum atomic E-state index is -1.01. The van der Waals surface area contributed by atoms with Gasteiger partial charge in [-0.3, -0.25) is 9.59 Å². The molecule has 6 heteroatoms. The molecule has 94 valence electrons. The Kier molecular flexibility index (Phi) is 2.50. The van der Waals surface area contributed by atoms with Gasteiger partial charge in [-0.1, -0.05) is 0 Å². The van der Waals surface area contributed by atoms with Crippen LogP contribution in [0, 0.1) is 0 Å². The monoisotopic (exact) mass is 249 g/mol. The number of phenolic OH excluding ortho intramolecular Hbond substituents is 2. The van der Waals surface area contributed by atoms with Gasteiger partial charge >= 0.3 is 0 Å². The Bertz CT molecular complexity index is 672. The molecule has 0 atom stereocenters. The van der Waals surface area contributed by atoms with E-state index in [-0.39, 0.29) is 22.6 Å². The third-order valence-electron chi connectivity index (χ3n) is 2.73. The Morgan fingerprint density at radius 2 is 1.39 bits per heavy atom. The van der Waals surface area contributed by atoms with Crippen molar-refractivity contribution in [1.82, 2.24) is 0 Å². The lowest BCUT2D eigenvalue weighted by atomic mass is 9.97. The van der Waals surface area contributed by atoms with Gasteiger partial charge in [-0.25, -0.2) is 0 Å². The maximum Gasteiger partial charge on any atom is 0.268 e. The molecule has 6 nitrogen and oxygen atoms in total. The highest BCUT2D eigenvalue weighted by Crippen LogP contribution is 2.41. The first-order chi connectivity index (χ1) is 8.34. The Balaban J connectivity index is 2.68. The molecular formula is C12H11NO5. The van der Waals surface area contributed by atoms with Crippen molar-refractivity contribution in [2.24, 2.45) is 0 Å². The lowest BCUT2D eigenvalue weighted by molar-refractivity contribution is 0.446. The third kappa shape index (κ3) is 1.50. The van der Waals surface area contributed by atoms with Crippen LogP contribution < -0.4 is 15.8 Å². The molecular weight excluding hydrogens is 238 g/mol. The van der Waals surface area contributed by atoms with Crippen molar-refractivity contribution >= 4 is 5.69 Å². The van der Waals surface area contributed by atoms with E-state index in [1.165, 1.54) is 12.1 Å². The SMILES string of the molecule is CN(C)c1cc(O)c(-c2c(O)c(=O)c2=O)c(O)c1. The summed E-state index contributed by atoms with van der Waals surface area (Å²) < 4.78 is 0. The number of phenols is 2. The average molecular weight is 249 g/mol. The fourth-order valence-electron chi connectivity index (χ4n) is 1.72. The van der Waals surface area contributed by atoms with Crippen molar-refractivity contribution in [2.75, 3.05) is 19.0 Å². The van der Waals surface area contributed by atoms with E-state index in [1.807, 2.05) is 0 Å². The van der Waals surface area contributed by atoms with Crippen LogP contribution in [0.1, 0.15) is 0 Å². The second-order valence-electron chi connectivity index (χ2n) is 4.14. The molecule has 0 aromatic heterocycles. The van der Waals surface area contributed by atoms with Crippen LogP contribution in [-0.2, 0) is 0 Å². The van der Waals surface area contributed by atoms with Gasteiger partial charge in [0.2, 0.25) is 5.43 Å². The Labute approximate surface area is 102 Å². The lowest BCUT2D eigenvalue weighted by Crippen LogP contribution is -2.31. The smallest absolute Gasteiger partial charge is 0.268 e. The zero-order chi connectivity index (χ0) is 13.6.